The molecular formula is C16H17ClN4O2S. The molecule has 2 heterocycles. The first kappa shape index (κ1) is 16.9. The van der Waals surface area contributed by atoms with Crippen LogP contribution in [-0.2, 0) is 22.3 Å². The van der Waals surface area contributed by atoms with Crippen molar-refractivity contribution in [2.45, 2.75) is 18.7 Å². The Balaban J connectivity index is 1.51. The van der Waals surface area contributed by atoms with Crippen molar-refractivity contribution in [3.8, 4) is 0 Å². The van der Waals surface area contributed by atoms with Crippen LogP contribution in [0.3, 0.4) is 0 Å². The number of nitrogens with zero attached hydrogens (tertiary/aromatic N) is 3. The minimum absolute atomic E-state index is 0.106. The molecule has 0 bridgehead atoms. The molecule has 3 aromatic rings. The Hall–Kier alpha value is -1.96. The zero-order valence-electron chi connectivity index (χ0n) is 12.9. The van der Waals surface area contributed by atoms with Gasteiger partial charge in [-0.3, -0.25) is 0 Å². The Morgan fingerprint density at radius 2 is 1.96 bits per heavy atom. The van der Waals surface area contributed by atoms with Crippen LogP contribution in [0.1, 0.15) is 12.0 Å². The first-order valence-electron chi connectivity index (χ1n) is 7.51. The summed E-state index contributed by atoms with van der Waals surface area (Å²) < 4.78 is 28.8. The van der Waals surface area contributed by atoms with Crippen LogP contribution in [-0.4, -0.2) is 29.5 Å². The van der Waals surface area contributed by atoms with Crippen LogP contribution in [0.5, 0.6) is 0 Å². The number of aromatic nitrogens is 3. The van der Waals surface area contributed by atoms with Gasteiger partial charge in [0.2, 0.25) is 10.0 Å². The summed E-state index contributed by atoms with van der Waals surface area (Å²) in [6, 6.07) is 11.1. The van der Waals surface area contributed by atoms with E-state index in [9.17, 15) is 8.42 Å². The molecule has 126 valence electrons. The molecule has 0 saturated carbocycles. The second-order valence-corrected chi connectivity index (χ2v) is 7.62. The average Bonchev–Trinajstić information content (AvgIpc) is 2.97. The van der Waals surface area contributed by atoms with Crippen LogP contribution in [0.15, 0.2) is 48.9 Å². The van der Waals surface area contributed by atoms with Gasteiger partial charge in [-0.05, 0) is 30.2 Å². The number of sulfonamides is 1. The lowest BCUT2D eigenvalue weighted by Crippen LogP contribution is -2.26. The Bertz CT molecular complexity index is 923. The van der Waals surface area contributed by atoms with Gasteiger partial charge in [-0.2, -0.15) is 0 Å². The molecule has 3 rings (SSSR count). The van der Waals surface area contributed by atoms with E-state index in [0.29, 0.717) is 30.2 Å². The molecule has 0 aliphatic carbocycles. The standard InChI is InChI=1S/C16H17ClN4O2S/c17-16-7-6-13(10-18-16)11-24(22,23)20-8-3-9-21-12-19-14-4-1-2-5-15(14)21/h1-2,4-7,10,12,20H,3,8-9,11H2. The lowest BCUT2D eigenvalue weighted by Gasteiger charge is -2.08. The summed E-state index contributed by atoms with van der Waals surface area (Å²) >= 11 is 5.69. The van der Waals surface area contributed by atoms with Crippen molar-refractivity contribution >= 4 is 32.7 Å². The number of aryl methyl sites for hydroxylation is 1. The van der Waals surface area contributed by atoms with E-state index in [0.717, 1.165) is 11.0 Å². The van der Waals surface area contributed by atoms with Crippen molar-refractivity contribution in [2.24, 2.45) is 0 Å². The van der Waals surface area contributed by atoms with Gasteiger partial charge in [0, 0.05) is 19.3 Å². The number of hydrogen-bond donors (Lipinski definition) is 1. The van der Waals surface area contributed by atoms with Gasteiger partial charge in [0.15, 0.2) is 0 Å². The number of fused-ring (bicyclic) bond motifs is 1. The summed E-state index contributed by atoms with van der Waals surface area (Å²) in [7, 11) is -3.39. The molecule has 6 nitrogen and oxygen atoms in total. The molecule has 0 radical (unpaired) electrons. The minimum atomic E-state index is -3.39. The summed E-state index contributed by atoms with van der Waals surface area (Å²) in [4.78, 5) is 8.20. The van der Waals surface area contributed by atoms with Crippen molar-refractivity contribution in [3.63, 3.8) is 0 Å². The molecule has 0 aliphatic heterocycles. The maximum Gasteiger partial charge on any atom is 0.215 e. The molecule has 2 aromatic heterocycles. The SMILES string of the molecule is O=S(=O)(Cc1ccc(Cl)nc1)NCCCn1cnc2ccccc21. The van der Waals surface area contributed by atoms with E-state index in [1.54, 1.807) is 18.5 Å². The fraction of sp³-hybridized carbons (Fsp3) is 0.250. The first-order valence-corrected chi connectivity index (χ1v) is 9.54. The number of para-hydroxylation sites is 2. The maximum atomic E-state index is 12.1. The van der Waals surface area contributed by atoms with E-state index < -0.39 is 10.0 Å². The fourth-order valence-electron chi connectivity index (χ4n) is 2.43. The maximum absolute atomic E-state index is 12.1. The van der Waals surface area contributed by atoms with E-state index in [1.807, 2.05) is 28.8 Å². The van der Waals surface area contributed by atoms with Gasteiger partial charge in [0.25, 0.3) is 0 Å². The van der Waals surface area contributed by atoms with E-state index in [4.69, 9.17) is 11.6 Å². The third kappa shape index (κ3) is 4.31. The lowest BCUT2D eigenvalue weighted by atomic mass is 10.3. The smallest absolute Gasteiger partial charge is 0.215 e. The predicted octanol–water partition coefficient (Wildman–Crippen LogP) is 2.59. The van der Waals surface area contributed by atoms with E-state index >= 15 is 0 Å². The lowest BCUT2D eigenvalue weighted by molar-refractivity contribution is 0.571. The molecule has 0 atom stereocenters. The van der Waals surface area contributed by atoms with Gasteiger partial charge >= 0.3 is 0 Å². The number of nitrogens with one attached hydrogen (secondary N) is 1. The van der Waals surface area contributed by atoms with Gasteiger partial charge in [0.1, 0.15) is 5.15 Å². The molecule has 0 unspecified atom stereocenters. The van der Waals surface area contributed by atoms with Crippen molar-refractivity contribution in [1.29, 1.82) is 0 Å². The number of rotatable bonds is 7. The third-order valence-corrected chi connectivity index (χ3v) is 5.15. The number of pyridine rings is 1. The van der Waals surface area contributed by atoms with Crippen molar-refractivity contribution < 1.29 is 8.42 Å². The van der Waals surface area contributed by atoms with E-state index in [2.05, 4.69) is 14.7 Å². The highest BCUT2D eigenvalue weighted by Crippen LogP contribution is 2.12. The topological polar surface area (TPSA) is 76.9 Å². The number of halogens is 1. The molecule has 24 heavy (non-hydrogen) atoms. The first-order chi connectivity index (χ1) is 11.5. The zero-order chi connectivity index (χ0) is 17.0. The molecule has 1 N–H and O–H groups in total. The van der Waals surface area contributed by atoms with Gasteiger partial charge < -0.3 is 4.57 Å². The van der Waals surface area contributed by atoms with Crippen LogP contribution in [0.2, 0.25) is 5.15 Å². The fourth-order valence-corrected chi connectivity index (χ4v) is 3.71. The Kier molecular flexibility index (Phi) is 5.13. The van der Waals surface area contributed by atoms with Crippen LogP contribution >= 0.6 is 11.6 Å². The van der Waals surface area contributed by atoms with Crippen molar-refractivity contribution in [2.75, 3.05) is 6.54 Å². The molecule has 0 aliphatic rings. The average molecular weight is 365 g/mol. The highest BCUT2D eigenvalue weighted by molar-refractivity contribution is 7.88. The summed E-state index contributed by atoms with van der Waals surface area (Å²) in [6.07, 6.45) is 3.93. The molecule has 0 amide bonds. The second-order valence-electron chi connectivity index (χ2n) is 5.42. The van der Waals surface area contributed by atoms with Crippen molar-refractivity contribution in [3.05, 3.63) is 59.6 Å². The predicted molar refractivity (Wildman–Crippen MR) is 94.2 cm³/mol. The van der Waals surface area contributed by atoms with Crippen LogP contribution < -0.4 is 4.72 Å². The summed E-state index contributed by atoms with van der Waals surface area (Å²) in [5, 5.41) is 0.344. The molecule has 0 spiro atoms. The monoisotopic (exact) mass is 364 g/mol. The number of imidazole rings is 1. The van der Waals surface area contributed by atoms with Gasteiger partial charge in [-0.25, -0.2) is 23.1 Å². The molecular weight excluding hydrogens is 348 g/mol. The summed E-state index contributed by atoms with van der Waals surface area (Å²) in [5.41, 5.74) is 2.59. The van der Waals surface area contributed by atoms with E-state index in [-0.39, 0.29) is 5.75 Å². The normalized spacial score (nSPS) is 11.9. The Morgan fingerprint density at radius 3 is 2.75 bits per heavy atom. The second kappa shape index (κ2) is 7.29. The Morgan fingerprint density at radius 1 is 1.12 bits per heavy atom. The quantitative estimate of drug-likeness (QED) is 0.516. The summed E-state index contributed by atoms with van der Waals surface area (Å²) in [5.74, 6) is -0.106. The van der Waals surface area contributed by atoms with Gasteiger partial charge in [-0.1, -0.05) is 29.8 Å². The number of benzene rings is 1. The van der Waals surface area contributed by atoms with E-state index in [1.165, 1.54) is 6.20 Å². The van der Waals surface area contributed by atoms with Crippen LogP contribution in [0.4, 0.5) is 0 Å². The van der Waals surface area contributed by atoms with Gasteiger partial charge in [-0.15, -0.1) is 0 Å². The molecule has 0 fully saturated rings. The molecule has 8 heteroatoms. The largest absolute Gasteiger partial charge is 0.331 e. The van der Waals surface area contributed by atoms with Gasteiger partial charge in [0.05, 0.1) is 23.1 Å². The highest BCUT2D eigenvalue weighted by atomic mass is 35.5. The van der Waals surface area contributed by atoms with Crippen LogP contribution in [0.25, 0.3) is 11.0 Å². The minimum Gasteiger partial charge on any atom is -0.331 e. The number of hydrogen-bond acceptors (Lipinski definition) is 4. The highest BCUT2D eigenvalue weighted by Gasteiger charge is 2.11. The summed E-state index contributed by atoms with van der Waals surface area (Å²) in [6.45, 7) is 1.07. The van der Waals surface area contributed by atoms with Crippen molar-refractivity contribution in [1.82, 2.24) is 19.3 Å². The Labute approximate surface area is 145 Å². The molecule has 0 saturated heterocycles. The van der Waals surface area contributed by atoms with Crippen LogP contribution in [0, 0.1) is 0 Å². The zero-order valence-corrected chi connectivity index (χ0v) is 14.5. The third-order valence-electron chi connectivity index (χ3n) is 3.57. The molecule has 1 aromatic carbocycles.